The Bertz CT molecular complexity index is 3710. The predicted octanol–water partition coefficient (Wildman–Crippen LogP) is 8.99. The summed E-state index contributed by atoms with van der Waals surface area (Å²) in [5.41, 5.74) is 12.8. The zero-order valence-corrected chi connectivity index (χ0v) is 51.5. The van der Waals surface area contributed by atoms with E-state index in [4.69, 9.17) is 40.7 Å². The molecule has 3 aliphatic rings. The van der Waals surface area contributed by atoms with Crippen molar-refractivity contribution in [1.82, 2.24) is 36.0 Å². The molecule has 0 unspecified atom stereocenters. The third-order valence-corrected chi connectivity index (χ3v) is 16.7. The van der Waals surface area contributed by atoms with Crippen LogP contribution in [0.2, 0.25) is 0 Å². The second kappa shape index (κ2) is 29.3. The van der Waals surface area contributed by atoms with E-state index in [2.05, 4.69) is 38.7 Å². The van der Waals surface area contributed by atoms with Crippen LogP contribution >= 0.6 is 11.6 Å². The topological polar surface area (TPSA) is 269 Å². The van der Waals surface area contributed by atoms with Crippen LogP contribution in [0.3, 0.4) is 0 Å². The number of carbonyl (C=O) groups is 7. The Morgan fingerprint density at radius 2 is 1.42 bits per heavy atom. The molecule has 7 aromatic rings. The number of furan rings is 1. The van der Waals surface area contributed by atoms with Crippen LogP contribution in [0.5, 0.6) is 11.5 Å². The van der Waals surface area contributed by atoms with Gasteiger partial charge in [0.1, 0.15) is 42.9 Å². The maximum absolute atomic E-state index is 14.3. The SMILES string of the molecule is CC(C)[C@H](NCCNC(=O)OCC1c2ccccc2-c2ccccc21)C(=O)N[C@@H](CCCNC(N)=O)C(=O)Nc1ccc(COC(=O)N2CCN(C(=O)Oc3cc4c(c5ccccc35)[C@H](CCl)CN4C(=O)c3cc4cc(OCCN(C)C)ccc4o3)CC2)cc1. The molecule has 3 atom stereocenters. The van der Waals surface area contributed by atoms with Gasteiger partial charge in [-0.15, -0.1) is 11.6 Å². The standard InChI is InChI=1S/C67H75ClN10O12/c1-41(2)60(70-26-27-72-65(83)87-40-53-49-14-7-5-12-47(49)48-13-6-8-15-50(48)53)62(80)74-54(18-11-25-71-64(69)82)61(79)73-45-21-19-42(20-22-45)39-88-66(84)76-28-30-77(31-29-76)67(85)90-57-36-55-59(52-17-10-9-16-51(52)57)44(37-68)38-78(55)63(81)58-35-43-34-46(23-24-56(43)89-58)86-33-32-75(3)4/h5-10,12-17,19-24,34-36,41,44,53-54,60,70H,11,18,25-33,37-40H2,1-4H3,(H,72,83)(H,73,79)(H,74,80)(H3,69,71,82)/t44-,54+,60+/m1/s1. The Balaban J connectivity index is 0.688. The van der Waals surface area contributed by atoms with Crippen LogP contribution in [0.1, 0.15) is 71.3 Å². The Kier molecular flexibility index (Phi) is 20.7. The molecule has 22 nitrogen and oxygen atoms in total. The highest BCUT2D eigenvalue weighted by atomic mass is 35.5. The summed E-state index contributed by atoms with van der Waals surface area (Å²) in [5, 5.41) is 16.4. The molecule has 23 heteroatoms. The zero-order chi connectivity index (χ0) is 63.4. The van der Waals surface area contributed by atoms with E-state index < -0.39 is 48.2 Å². The number of hydrogen-bond acceptors (Lipinski definition) is 14. The smallest absolute Gasteiger partial charge is 0.415 e. The molecule has 2 aliphatic heterocycles. The molecule has 7 N–H and O–H groups in total. The molecule has 3 heterocycles. The zero-order valence-electron chi connectivity index (χ0n) is 50.8. The van der Waals surface area contributed by atoms with Crippen LogP contribution in [-0.4, -0.2) is 161 Å². The molecule has 0 bridgehead atoms. The molecular weight excluding hydrogens is 1170 g/mol. The molecule has 10 rings (SSSR count). The van der Waals surface area contributed by atoms with Crippen molar-refractivity contribution in [3.05, 3.63) is 155 Å². The number of rotatable bonds is 24. The third kappa shape index (κ3) is 15.2. The van der Waals surface area contributed by atoms with E-state index in [1.807, 2.05) is 106 Å². The maximum atomic E-state index is 14.3. The van der Waals surface area contributed by atoms with Gasteiger partial charge in [-0.05, 0) is 108 Å². The lowest BCUT2D eigenvalue weighted by molar-refractivity contribution is -0.128. The first-order valence-corrected chi connectivity index (χ1v) is 30.8. The van der Waals surface area contributed by atoms with Crippen molar-refractivity contribution in [3.8, 4) is 22.6 Å². The number of nitrogens with one attached hydrogen (secondary N) is 5. The summed E-state index contributed by atoms with van der Waals surface area (Å²) in [6, 6.07) is 36.8. The Hall–Kier alpha value is -9.38. The Labute approximate surface area is 526 Å². The minimum Gasteiger partial charge on any atom is -0.492 e. The molecule has 0 radical (unpaired) electrons. The highest BCUT2D eigenvalue weighted by molar-refractivity contribution is 6.19. The Morgan fingerprint density at radius 3 is 2.10 bits per heavy atom. The molecule has 1 aromatic heterocycles. The van der Waals surface area contributed by atoms with Gasteiger partial charge >= 0.3 is 24.3 Å². The van der Waals surface area contributed by atoms with Gasteiger partial charge in [0, 0.05) is 99.1 Å². The molecule has 0 spiro atoms. The average Bonchev–Trinajstić information content (AvgIpc) is 1.82. The second-order valence-electron chi connectivity index (χ2n) is 23.1. The summed E-state index contributed by atoms with van der Waals surface area (Å²) >= 11 is 6.57. The number of alkyl halides is 1. The number of nitrogens with zero attached hydrogens (tertiary/aromatic N) is 4. The molecule has 1 aliphatic carbocycles. The first-order chi connectivity index (χ1) is 43.5. The minimum atomic E-state index is -1.01. The van der Waals surface area contributed by atoms with Crippen molar-refractivity contribution in [3.63, 3.8) is 0 Å². The van der Waals surface area contributed by atoms with Crippen molar-refractivity contribution < 1.29 is 56.9 Å². The predicted molar refractivity (Wildman–Crippen MR) is 342 cm³/mol. The molecule has 0 saturated carbocycles. The van der Waals surface area contributed by atoms with Crippen molar-refractivity contribution in [2.24, 2.45) is 11.7 Å². The summed E-state index contributed by atoms with van der Waals surface area (Å²) in [6.07, 6.45) is -1.29. The molecule has 6 aromatic carbocycles. The van der Waals surface area contributed by atoms with E-state index in [1.165, 1.54) is 9.80 Å². The van der Waals surface area contributed by atoms with Gasteiger partial charge in [0.15, 0.2) is 5.76 Å². The third-order valence-electron chi connectivity index (χ3n) is 16.3. The fourth-order valence-electron chi connectivity index (χ4n) is 11.6. The fourth-order valence-corrected chi connectivity index (χ4v) is 11.9. The number of carbonyl (C=O) groups excluding carboxylic acids is 7. The quantitative estimate of drug-likeness (QED) is 0.0244. The number of amides is 8. The summed E-state index contributed by atoms with van der Waals surface area (Å²) in [6.45, 7) is 6.61. The lowest BCUT2D eigenvalue weighted by atomic mass is 9.95. The number of urea groups is 1. The van der Waals surface area contributed by atoms with Crippen LogP contribution in [0.4, 0.5) is 30.6 Å². The van der Waals surface area contributed by atoms with E-state index >= 15 is 0 Å². The molecule has 472 valence electrons. The molecular formula is C67H75ClN10O12. The van der Waals surface area contributed by atoms with Crippen LogP contribution in [0, 0.1) is 5.92 Å². The van der Waals surface area contributed by atoms with Gasteiger partial charge in [0.2, 0.25) is 11.8 Å². The highest BCUT2D eigenvalue weighted by Crippen LogP contribution is 2.47. The minimum absolute atomic E-state index is 0.0787. The maximum Gasteiger partial charge on any atom is 0.415 e. The first-order valence-electron chi connectivity index (χ1n) is 30.2. The number of benzene rings is 6. The molecule has 8 amide bonds. The van der Waals surface area contributed by atoms with Crippen molar-refractivity contribution in [1.29, 1.82) is 0 Å². The van der Waals surface area contributed by atoms with Crippen molar-refractivity contribution in [2.75, 3.05) is 102 Å². The molecule has 1 saturated heterocycles. The van der Waals surface area contributed by atoms with Gasteiger partial charge in [-0.2, -0.15) is 0 Å². The van der Waals surface area contributed by atoms with Gasteiger partial charge in [-0.1, -0.05) is 98.8 Å². The van der Waals surface area contributed by atoms with Crippen LogP contribution < -0.4 is 46.7 Å². The van der Waals surface area contributed by atoms with E-state index in [1.54, 1.807) is 47.4 Å². The average molecular weight is 1250 g/mol. The van der Waals surface area contributed by atoms with Crippen LogP contribution in [-0.2, 0) is 25.7 Å². The number of piperazine rings is 1. The van der Waals surface area contributed by atoms with E-state index in [9.17, 15) is 33.6 Å². The lowest BCUT2D eigenvalue weighted by Crippen LogP contribution is -2.54. The number of halogens is 1. The summed E-state index contributed by atoms with van der Waals surface area (Å²) in [7, 11) is 3.94. The van der Waals surface area contributed by atoms with Crippen molar-refractivity contribution >= 4 is 86.7 Å². The van der Waals surface area contributed by atoms with Crippen LogP contribution in [0.15, 0.2) is 132 Å². The van der Waals surface area contributed by atoms with Gasteiger partial charge in [-0.25, -0.2) is 19.2 Å². The fraction of sp³-hybridized carbons (Fsp3) is 0.358. The lowest BCUT2D eigenvalue weighted by Gasteiger charge is -2.33. The van der Waals surface area contributed by atoms with Gasteiger partial charge < -0.3 is 75.3 Å². The number of ether oxygens (including phenoxy) is 4. The van der Waals surface area contributed by atoms with Gasteiger partial charge in [0.05, 0.1) is 11.7 Å². The number of likely N-dealkylation sites (N-methyl/N-ethyl adjacent to an activating group) is 1. The summed E-state index contributed by atoms with van der Waals surface area (Å²) in [5.74, 6) is -0.484. The van der Waals surface area contributed by atoms with E-state index in [0.29, 0.717) is 46.7 Å². The molecule has 1 fully saturated rings. The number of alkyl carbamates (subject to hydrolysis) is 1. The number of primary amides is 1. The van der Waals surface area contributed by atoms with Crippen molar-refractivity contribution in [2.45, 2.75) is 57.2 Å². The number of nitrogens with two attached hydrogens (primary N) is 1. The second-order valence-corrected chi connectivity index (χ2v) is 23.4. The largest absolute Gasteiger partial charge is 0.492 e. The summed E-state index contributed by atoms with van der Waals surface area (Å²) < 4.78 is 29.5. The normalized spacial score (nSPS) is 15.0. The van der Waals surface area contributed by atoms with Crippen LogP contribution in [0.25, 0.3) is 32.9 Å². The van der Waals surface area contributed by atoms with E-state index in [-0.39, 0.29) is 113 Å². The Morgan fingerprint density at radius 1 is 0.744 bits per heavy atom. The van der Waals surface area contributed by atoms with E-state index in [0.717, 1.165) is 45.1 Å². The molecule has 90 heavy (non-hydrogen) atoms. The van der Waals surface area contributed by atoms with Gasteiger partial charge in [0.25, 0.3) is 5.91 Å². The summed E-state index contributed by atoms with van der Waals surface area (Å²) in [4.78, 5) is 100. The number of anilines is 2. The first kappa shape index (κ1) is 63.6. The van der Waals surface area contributed by atoms with Gasteiger partial charge in [-0.3, -0.25) is 14.4 Å². The number of fused-ring (bicyclic) bond motifs is 7. The monoisotopic (exact) mass is 1250 g/mol. The highest BCUT2D eigenvalue weighted by Gasteiger charge is 2.38. The number of hydrogen-bond donors (Lipinski definition) is 6.